The molecule has 1 amide bonds. The number of anilines is 1. The van der Waals surface area contributed by atoms with Gasteiger partial charge in [-0.3, -0.25) is 9.69 Å². The fraction of sp³-hybridized carbons (Fsp3) is 0.533. The summed E-state index contributed by atoms with van der Waals surface area (Å²) in [5.74, 6) is 0.591. The molecule has 1 heterocycles. The number of carbonyl (C=O) groups excluding carboxylic acids is 1. The Bertz CT molecular complexity index is 487. The van der Waals surface area contributed by atoms with Gasteiger partial charge in [0, 0.05) is 24.8 Å². The van der Waals surface area contributed by atoms with E-state index in [1.165, 1.54) is 0 Å². The number of hydrogen-bond acceptors (Lipinski definition) is 5. The lowest BCUT2D eigenvalue weighted by Gasteiger charge is -2.27. The number of rotatable bonds is 6. The topological polar surface area (TPSA) is 73.8 Å². The fourth-order valence-electron chi connectivity index (χ4n) is 2.57. The van der Waals surface area contributed by atoms with E-state index in [1.54, 1.807) is 13.2 Å². The Kier molecular flexibility index (Phi) is 5.17. The van der Waals surface area contributed by atoms with Crippen LogP contribution in [0.5, 0.6) is 5.75 Å². The van der Waals surface area contributed by atoms with E-state index < -0.39 is 5.60 Å². The molecule has 1 atom stereocenters. The number of nitrogens with one attached hydrogen (secondary N) is 2. The van der Waals surface area contributed by atoms with E-state index in [9.17, 15) is 9.90 Å². The summed E-state index contributed by atoms with van der Waals surface area (Å²) >= 11 is 0. The second kappa shape index (κ2) is 6.89. The monoisotopic (exact) mass is 293 g/mol. The van der Waals surface area contributed by atoms with Crippen LogP contribution in [0.25, 0.3) is 0 Å². The number of amides is 1. The minimum atomic E-state index is -0.731. The van der Waals surface area contributed by atoms with Gasteiger partial charge in [-0.05, 0) is 32.1 Å². The van der Waals surface area contributed by atoms with E-state index in [1.807, 2.05) is 30.1 Å². The predicted molar refractivity (Wildman–Crippen MR) is 81.6 cm³/mol. The molecule has 0 spiro atoms. The molecule has 1 unspecified atom stereocenters. The maximum absolute atomic E-state index is 12.0. The molecule has 3 N–H and O–H groups in total. The van der Waals surface area contributed by atoms with Gasteiger partial charge in [0.15, 0.2) is 0 Å². The van der Waals surface area contributed by atoms with E-state index in [2.05, 4.69) is 10.6 Å². The van der Waals surface area contributed by atoms with E-state index in [-0.39, 0.29) is 12.5 Å². The summed E-state index contributed by atoms with van der Waals surface area (Å²) in [6, 6.07) is 7.23. The Morgan fingerprint density at radius 1 is 1.57 bits per heavy atom. The summed E-state index contributed by atoms with van der Waals surface area (Å²) in [5.41, 5.74) is -0.0284. The second-order valence-corrected chi connectivity index (χ2v) is 5.60. The molecule has 116 valence electrons. The molecule has 6 nitrogen and oxygen atoms in total. The van der Waals surface area contributed by atoms with Crippen molar-refractivity contribution < 1.29 is 14.6 Å². The Labute approximate surface area is 125 Å². The van der Waals surface area contributed by atoms with Gasteiger partial charge in [0.05, 0.1) is 19.3 Å². The normalized spacial score (nSPS) is 21.5. The van der Waals surface area contributed by atoms with Crippen molar-refractivity contribution in [3.05, 3.63) is 24.3 Å². The number of hydrogen-bond donors (Lipinski definition) is 3. The summed E-state index contributed by atoms with van der Waals surface area (Å²) in [4.78, 5) is 13.8. The maximum atomic E-state index is 12.0. The number of carbonyl (C=O) groups is 1. The van der Waals surface area contributed by atoms with Crippen LogP contribution in [0.1, 0.15) is 6.42 Å². The number of ether oxygens (including phenoxy) is 1. The summed E-state index contributed by atoms with van der Waals surface area (Å²) in [5, 5.41) is 16.2. The Morgan fingerprint density at radius 2 is 2.38 bits per heavy atom. The summed E-state index contributed by atoms with van der Waals surface area (Å²) in [7, 11) is 3.42. The van der Waals surface area contributed by atoms with Gasteiger partial charge in [-0.15, -0.1) is 0 Å². The van der Waals surface area contributed by atoms with Gasteiger partial charge < -0.3 is 20.5 Å². The number of likely N-dealkylation sites (N-methyl/N-ethyl adjacent to an activating group) is 1. The molecule has 1 saturated heterocycles. The molecule has 1 aliphatic rings. The van der Waals surface area contributed by atoms with Gasteiger partial charge in [-0.1, -0.05) is 6.07 Å². The molecule has 0 aliphatic carbocycles. The highest BCUT2D eigenvalue weighted by Crippen LogP contribution is 2.17. The molecule has 0 radical (unpaired) electrons. The predicted octanol–water partition coefficient (Wildman–Crippen LogP) is 0.290. The van der Waals surface area contributed by atoms with E-state index >= 15 is 0 Å². The fourth-order valence-corrected chi connectivity index (χ4v) is 2.57. The highest BCUT2D eigenvalue weighted by atomic mass is 16.5. The Morgan fingerprint density at radius 3 is 3.05 bits per heavy atom. The van der Waals surface area contributed by atoms with Gasteiger partial charge >= 0.3 is 0 Å². The molecule has 1 aromatic rings. The molecule has 21 heavy (non-hydrogen) atoms. The van der Waals surface area contributed by atoms with Crippen molar-refractivity contribution in [1.29, 1.82) is 0 Å². The number of aliphatic hydroxyl groups is 1. The third kappa shape index (κ3) is 4.70. The third-order valence-corrected chi connectivity index (χ3v) is 3.55. The van der Waals surface area contributed by atoms with Crippen LogP contribution in [0.15, 0.2) is 24.3 Å². The first kappa shape index (κ1) is 15.8. The van der Waals surface area contributed by atoms with Crippen LogP contribution >= 0.6 is 0 Å². The standard InChI is InChI=1S/C15H23N3O3/c1-18(11-15(20)6-7-16-10-15)9-14(19)17-12-4-3-5-13(8-12)21-2/h3-5,8,16,20H,6-7,9-11H2,1-2H3,(H,17,19). The number of nitrogens with zero attached hydrogens (tertiary/aromatic N) is 1. The van der Waals surface area contributed by atoms with Gasteiger partial charge in [-0.25, -0.2) is 0 Å². The first-order valence-corrected chi connectivity index (χ1v) is 7.06. The second-order valence-electron chi connectivity index (χ2n) is 5.60. The molecule has 1 aliphatic heterocycles. The first-order valence-electron chi connectivity index (χ1n) is 7.06. The van der Waals surface area contributed by atoms with Crippen molar-refractivity contribution in [1.82, 2.24) is 10.2 Å². The molecule has 6 heteroatoms. The molecule has 0 aromatic heterocycles. The summed E-state index contributed by atoms with van der Waals surface area (Å²) in [6.07, 6.45) is 0.717. The van der Waals surface area contributed by atoms with E-state index in [0.29, 0.717) is 24.5 Å². The van der Waals surface area contributed by atoms with Crippen molar-refractivity contribution in [3.8, 4) is 5.75 Å². The van der Waals surface area contributed by atoms with Crippen molar-refractivity contribution in [3.63, 3.8) is 0 Å². The molecule has 1 aromatic carbocycles. The van der Waals surface area contributed by atoms with Crippen LogP contribution in [0, 0.1) is 0 Å². The number of β-amino-alcohol motifs (C(OH)–C–C–N with tert-alkyl or cyclic N) is 1. The zero-order valence-corrected chi connectivity index (χ0v) is 12.6. The van der Waals surface area contributed by atoms with Crippen LogP contribution in [0.4, 0.5) is 5.69 Å². The smallest absolute Gasteiger partial charge is 0.238 e. The molecule has 1 fully saturated rings. The van der Waals surface area contributed by atoms with Crippen LogP contribution in [0.2, 0.25) is 0 Å². The summed E-state index contributed by atoms with van der Waals surface area (Å²) in [6.45, 7) is 2.11. The molecule has 0 saturated carbocycles. The zero-order valence-electron chi connectivity index (χ0n) is 12.6. The van der Waals surface area contributed by atoms with Crippen LogP contribution in [-0.2, 0) is 4.79 Å². The van der Waals surface area contributed by atoms with Crippen LogP contribution in [0.3, 0.4) is 0 Å². The Balaban J connectivity index is 1.83. The Hall–Kier alpha value is -1.63. The molecule has 2 rings (SSSR count). The van der Waals surface area contributed by atoms with Crippen LogP contribution < -0.4 is 15.4 Å². The largest absolute Gasteiger partial charge is 0.497 e. The minimum absolute atomic E-state index is 0.111. The van der Waals surface area contributed by atoms with E-state index in [4.69, 9.17) is 4.74 Å². The molecule has 0 bridgehead atoms. The van der Waals surface area contributed by atoms with Crippen molar-refractivity contribution >= 4 is 11.6 Å². The van der Waals surface area contributed by atoms with Crippen molar-refractivity contribution in [2.45, 2.75) is 12.0 Å². The highest BCUT2D eigenvalue weighted by molar-refractivity contribution is 5.92. The third-order valence-electron chi connectivity index (χ3n) is 3.55. The lowest BCUT2D eigenvalue weighted by atomic mass is 10.0. The van der Waals surface area contributed by atoms with Gasteiger partial charge in [0.25, 0.3) is 0 Å². The van der Waals surface area contributed by atoms with Crippen LogP contribution in [-0.4, -0.2) is 61.9 Å². The lowest BCUT2D eigenvalue weighted by Crippen LogP contribution is -2.45. The lowest BCUT2D eigenvalue weighted by molar-refractivity contribution is -0.117. The number of methoxy groups -OCH3 is 1. The van der Waals surface area contributed by atoms with E-state index in [0.717, 1.165) is 13.0 Å². The van der Waals surface area contributed by atoms with Gasteiger partial charge in [0.1, 0.15) is 5.75 Å². The zero-order chi connectivity index (χ0) is 15.3. The summed E-state index contributed by atoms with van der Waals surface area (Å²) < 4.78 is 5.12. The van der Waals surface area contributed by atoms with Crippen molar-refractivity contribution in [2.24, 2.45) is 0 Å². The average Bonchev–Trinajstić information content (AvgIpc) is 2.84. The van der Waals surface area contributed by atoms with Gasteiger partial charge in [-0.2, -0.15) is 0 Å². The average molecular weight is 293 g/mol. The first-order chi connectivity index (χ1) is 10.0. The SMILES string of the molecule is COc1cccc(NC(=O)CN(C)CC2(O)CCNC2)c1. The van der Waals surface area contributed by atoms with Crippen molar-refractivity contribution in [2.75, 3.05) is 45.7 Å². The highest BCUT2D eigenvalue weighted by Gasteiger charge is 2.32. The molecular formula is C15H23N3O3. The maximum Gasteiger partial charge on any atom is 0.238 e. The number of benzene rings is 1. The quantitative estimate of drug-likeness (QED) is 0.703. The molecular weight excluding hydrogens is 270 g/mol. The minimum Gasteiger partial charge on any atom is -0.497 e. The van der Waals surface area contributed by atoms with Gasteiger partial charge in [0.2, 0.25) is 5.91 Å².